The molecule has 4 rings (SSSR count). The van der Waals surface area contributed by atoms with Gasteiger partial charge in [0.2, 0.25) is 5.88 Å². The highest BCUT2D eigenvalue weighted by Crippen LogP contribution is 2.30. The molecule has 124 valence electrons. The molecule has 0 unspecified atom stereocenters. The Morgan fingerprint density at radius 1 is 1.16 bits per heavy atom. The van der Waals surface area contributed by atoms with Gasteiger partial charge in [0.05, 0.1) is 12.4 Å². The summed E-state index contributed by atoms with van der Waals surface area (Å²) in [6.07, 6.45) is 7.25. The lowest BCUT2D eigenvalue weighted by Crippen LogP contribution is -2.12. The van der Waals surface area contributed by atoms with Gasteiger partial charge < -0.3 is 10.5 Å². The average Bonchev–Trinajstić information content (AvgIpc) is 3.23. The van der Waals surface area contributed by atoms with Gasteiger partial charge >= 0.3 is 0 Å². The Bertz CT molecular complexity index is 1080. The molecule has 0 aliphatic rings. The van der Waals surface area contributed by atoms with E-state index < -0.39 is 5.91 Å². The van der Waals surface area contributed by atoms with E-state index in [0.717, 1.165) is 16.6 Å². The second kappa shape index (κ2) is 5.75. The summed E-state index contributed by atoms with van der Waals surface area (Å²) in [6.45, 7) is 0. The van der Waals surface area contributed by atoms with E-state index in [1.165, 1.54) is 6.07 Å². The molecular formula is C17H14N6O2. The van der Waals surface area contributed by atoms with Crippen molar-refractivity contribution in [2.45, 2.75) is 0 Å². The van der Waals surface area contributed by atoms with Crippen molar-refractivity contribution in [1.82, 2.24) is 24.4 Å². The summed E-state index contributed by atoms with van der Waals surface area (Å²) in [4.78, 5) is 15.4. The number of nitrogens with zero attached hydrogens (tertiary/aromatic N) is 5. The van der Waals surface area contributed by atoms with Crippen molar-refractivity contribution in [3.8, 4) is 22.8 Å². The zero-order chi connectivity index (χ0) is 17.4. The van der Waals surface area contributed by atoms with Gasteiger partial charge in [-0.1, -0.05) is 6.07 Å². The van der Waals surface area contributed by atoms with Crippen molar-refractivity contribution in [2.75, 3.05) is 0 Å². The van der Waals surface area contributed by atoms with Gasteiger partial charge in [0, 0.05) is 36.6 Å². The van der Waals surface area contributed by atoms with E-state index in [2.05, 4.69) is 15.2 Å². The molecule has 4 aromatic heterocycles. The molecule has 2 N–H and O–H groups in total. The van der Waals surface area contributed by atoms with Crippen LogP contribution in [0.3, 0.4) is 0 Å². The average molecular weight is 334 g/mol. The van der Waals surface area contributed by atoms with E-state index in [9.17, 15) is 4.79 Å². The standard InChI is InChI=1S/C17H14N6O2/c1-22-9-12(8-20-22)11-7-15(14-5-6-19-23(14)10-11)25-16-4-2-3-13(21-16)17(18)24/h2-10H,1H3,(H2,18,24). The van der Waals surface area contributed by atoms with Crippen LogP contribution in [0.25, 0.3) is 16.6 Å². The van der Waals surface area contributed by atoms with Crippen molar-refractivity contribution >= 4 is 11.4 Å². The van der Waals surface area contributed by atoms with Crippen LogP contribution >= 0.6 is 0 Å². The number of ether oxygens (including phenoxy) is 1. The summed E-state index contributed by atoms with van der Waals surface area (Å²) in [6, 6.07) is 8.58. The van der Waals surface area contributed by atoms with Crippen LogP contribution in [-0.2, 0) is 7.05 Å². The SMILES string of the molecule is Cn1cc(-c2cc(Oc3cccc(C(N)=O)n3)c3ccnn3c2)cn1. The minimum absolute atomic E-state index is 0.144. The summed E-state index contributed by atoms with van der Waals surface area (Å²) in [5.41, 5.74) is 8.02. The highest BCUT2D eigenvalue weighted by Gasteiger charge is 2.12. The van der Waals surface area contributed by atoms with Gasteiger partial charge in [0.1, 0.15) is 11.2 Å². The molecule has 4 aromatic rings. The second-order valence-electron chi connectivity index (χ2n) is 5.48. The fourth-order valence-corrected chi connectivity index (χ4v) is 2.53. The third kappa shape index (κ3) is 2.80. The maximum absolute atomic E-state index is 11.3. The molecule has 0 aromatic carbocycles. The maximum atomic E-state index is 11.3. The van der Waals surface area contributed by atoms with E-state index in [1.807, 2.05) is 31.6 Å². The summed E-state index contributed by atoms with van der Waals surface area (Å²) in [5.74, 6) is 0.236. The predicted octanol–water partition coefficient (Wildman–Crippen LogP) is 2.02. The Kier molecular flexibility index (Phi) is 3.42. The molecule has 0 saturated heterocycles. The molecule has 25 heavy (non-hydrogen) atoms. The fourth-order valence-electron chi connectivity index (χ4n) is 2.53. The number of pyridine rings is 2. The number of nitrogens with two attached hydrogens (primary N) is 1. The summed E-state index contributed by atoms with van der Waals surface area (Å²) < 4.78 is 9.34. The van der Waals surface area contributed by atoms with Crippen LogP contribution in [0.1, 0.15) is 10.5 Å². The van der Waals surface area contributed by atoms with Crippen LogP contribution in [-0.4, -0.2) is 30.3 Å². The van der Waals surface area contributed by atoms with Gasteiger partial charge in [0.25, 0.3) is 5.91 Å². The lowest BCUT2D eigenvalue weighted by Gasteiger charge is -2.09. The normalized spacial score (nSPS) is 10.9. The molecule has 0 aliphatic carbocycles. The topological polar surface area (TPSA) is 100 Å². The van der Waals surface area contributed by atoms with E-state index in [4.69, 9.17) is 10.5 Å². The number of amides is 1. The van der Waals surface area contributed by atoms with Crippen molar-refractivity contribution in [3.05, 3.63) is 60.8 Å². The molecule has 0 aliphatic heterocycles. The monoisotopic (exact) mass is 334 g/mol. The zero-order valence-electron chi connectivity index (χ0n) is 13.3. The first-order valence-corrected chi connectivity index (χ1v) is 7.51. The summed E-state index contributed by atoms with van der Waals surface area (Å²) in [5, 5.41) is 8.46. The first-order valence-electron chi connectivity index (χ1n) is 7.51. The van der Waals surface area contributed by atoms with E-state index >= 15 is 0 Å². The number of aromatic nitrogens is 5. The number of hydrogen-bond acceptors (Lipinski definition) is 5. The molecule has 4 heterocycles. The van der Waals surface area contributed by atoms with Crippen LogP contribution in [0.5, 0.6) is 11.6 Å². The van der Waals surface area contributed by atoms with Crippen LogP contribution in [0.2, 0.25) is 0 Å². The predicted molar refractivity (Wildman–Crippen MR) is 90.2 cm³/mol. The smallest absolute Gasteiger partial charge is 0.267 e. The van der Waals surface area contributed by atoms with Crippen molar-refractivity contribution in [1.29, 1.82) is 0 Å². The van der Waals surface area contributed by atoms with Gasteiger partial charge in [-0.2, -0.15) is 10.2 Å². The largest absolute Gasteiger partial charge is 0.437 e. The van der Waals surface area contributed by atoms with E-state index in [-0.39, 0.29) is 11.6 Å². The lowest BCUT2D eigenvalue weighted by atomic mass is 10.1. The minimum Gasteiger partial charge on any atom is -0.437 e. The number of rotatable bonds is 4. The molecule has 0 fully saturated rings. The zero-order valence-corrected chi connectivity index (χ0v) is 13.3. The van der Waals surface area contributed by atoms with Gasteiger partial charge in [-0.15, -0.1) is 0 Å². The van der Waals surface area contributed by atoms with Gasteiger partial charge in [-0.3, -0.25) is 9.48 Å². The van der Waals surface area contributed by atoms with Crippen LogP contribution in [0, 0.1) is 0 Å². The van der Waals surface area contributed by atoms with Crippen LogP contribution in [0.15, 0.2) is 55.1 Å². The Hall–Kier alpha value is -3.68. The molecule has 8 nitrogen and oxygen atoms in total. The highest BCUT2D eigenvalue weighted by molar-refractivity contribution is 5.90. The molecule has 0 spiro atoms. The summed E-state index contributed by atoms with van der Waals surface area (Å²) >= 11 is 0. The third-order valence-electron chi connectivity index (χ3n) is 3.70. The first-order chi connectivity index (χ1) is 12.1. The van der Waals surface area contributed by atoms with Crippen molar-refractivity contribution in [3.63, 3.8) is 0 Å². The van der Waals surface area contributed by atoms with Crippen LogP contribution in [0.4, 0.5) is 0 Å². The molecular weight excluding hydrogens is 320 g/mol. The second-order valence-corrected chi connectivity index (χ2v) is 5.48. The number of aryl methyl sites for hydroxylation is 1. The molecule has 8 heteroatoms. The number of primary amides is 1. The molecule has 0 bridgehead atoms. The third-order valence-corrected chi connectivity index (χ3v) is 3.70. The minimum atomic E-state index is -0.607. The lowest BCUT2D eigenvalue weighted by molar-refractivity contribution is 0.0995. The Morgan fingerprint density at radius 3 is 2.80 bits per heavy atom. The van der Waals surface area contributed by atoms with E-state index in [1.54, 1.807) is 33.7 Å². The van der Waals surface area contributed by atoms with E-state index in [0.29, 0.717) is 5.75 Å². The molecule has 0 atom stereocenters. The van der Waals surface area contributed by atoms with Crippen LogP contribution < -0.4 is 10.5 Å². The van der Waals surface area contributed by atoms with Gasteiger partial charge in [0.15, 0.2) is 5.75 Å². The number of fused-ring (bicyclic) bond motifs is 1. The van der Waals surface area contributed by atoms with Gasteiger partial charge in [-0.05, 0) is 18.2 Å². The summed E-state index contributed by atoms with van der Waals surface area (Å²) in [7, 11) is 1.85. The molecule has 1 amide bonds. The fraction of sp³-hybridized carbons (Fsp3) is 0.0588. The van der Waals surface area contributed by atoms with Crippen molar-refractivity contribution in [2.24, 2.45) is 12.8 Å². The molecule has 0 radical (unpaired) electrons. The Morgan fingerprint density at radius 2 is 2.04 bits per heavy atom. The number of carbonyl (C=O) groups excluding carboxylic acids is 1. The Balaban J connectivity index is 1.79. The number of carbonyl (C=O) groups is 1. The molecule has 0 saturated carbocycles. The first kappa shape index (κ1) is 14.9. The quantitative estimate of drug-likeness (QED) is 0.615. The maximum Gasteiger partial charge on any atom is 0.267 e. The Labute approximate surface area is 142 Å². The number of hydrogen-bond donors (Lipinski definition) is 1. The van der Waals surface area contributed by atoms with Gasteiger partial charge in [-0.25, -0.2) is 9.50 Å². The van der Waals surface area contributed by atoms with Crippen molar-refractivity contribution < 1.29 is 9.53 Å². The highest BCUT2D eigenvalue weighted by atomic mass is 16.5.